The summed E-state index contributed by atoms with van der Waals surface area (Å²) < 4.78 is 54.9. The third-order valence-electron chi connectivity index (χ3n) is 2.67. The Hall–Kier alpha value is -2.51. The molecule has 0 aliphatic rings. The van der Waals surface area contributed by atoms with Crippen molar-refractivity contribution in [1.29, 1.82) is 0 Å². The molecule has 8 heteroatoms. The monoisotopic (exact) mass is 332 g/mol. The minimum absolute atomic E-state index is 0.0425. The van der Waals surface area contributed by atoms with E-state index in [1.807, 2.05) is 0 Å². The standard InChI is InChI=1S/C15H15F3O5/c1-4-22-7-9(15(20)23-5-2)13(19)8-6-10(16)12(18)14(21-3)11(8)17/h6-7H,4-5H2,1-3H3. The number of Topliss-reactive ketones (excluding diaryl/α,β-unsaturated/α-hetero) is 1. The first kappa shape index (κ1) is 18.5. The Morgan fingerprint density at radius 2 is 1.78 bits per heavy atom. The summed E-state index contributed by atoms with van der Waals surface area (Å²) in [5.74, 6) is -7.85. The van der Waals surface area contributed by atoms with E-state index in [1.54, 1.807) is 6.92 Å². The molecule has 0 amide bonds. The second-order valence-electron chi connectivity index (χ2n) is 4.10. The first-order valence-corrected chi connectivity index (χ1v) is 6.63. The van der Waals surface area contributed by atoms with E-state index in [0.717, 1.165) is 13.4 Å². The number of carbonyl (C=O) groups is 2. The van der Waals surface area contributed by atoms with Gasteiger partial charge in [0.05, 0.1) is 25.9 Å². The van der Waals surface area contributed by atoms with Crippen molar-refractivity contribution in [1.82, 2.24) is 0 Å². The Labute approximate surface area is 130 Å². The predicted octanol–water partition coefficient (Wildman–Crippen LogP) is 2.78. The van der Waals surface area contributed by atoms with Crippen molar-refractivity contribution in [3.8, 4) is 5.75 Å². The number of ketones is 1. The quantitative estimate of drug-likeness (QED) is 0.146. The molecule has 0 aliphatic carbocycles. The Bertz CT molecular complexity index is 640. The number of halogens is 3. The van der Waals surface area contributed by atoms with E-state index in [0.29, 0.717) is 6.07 Å². The molecule has 0 aliphatic heterocycles. The van der Waals surface area contributed by atoms with Crippen LogP contribution in [0.25, 0.3) is 0 Å². The maximum Gasteiger partial charge on any atom is 0.345 e. The summed E-state index contributed by atoms with van der Waals surface area (Å²) in [5, 5.41) is 0. The third-order valence-corrected chi connectivity index (χ3v) is 2.67. The normalized spacial score (nSPS) is 11.1. The summed E-state index contributed by atoms with van der Waals surface area (Å²) in [6.07, 6.45) is 0.785. The van der Waals surface area contributed by atoms with Crippen molar-refractivity contribution in [3.63, 3.8) is 0 Å². The second kappa shape index (κ2) is 8.21. The average Bonchev–Trinajstić information content (AvgIpc) is 2.52. The van der Waals surface area contributed by atoms with Crippen molar-refractivity contribution in [2.45, 2.75) is 13.8 Å². The Morgan fingerprint density at radius 1 is 1.13 bits per heavy atom. The van der Waals surface area contributed by atoms with Crippen LogP contribution in [0.3, 0.4) is 0 Å². The average molecular weight is 332 g/mol. The van der Waals surface area contributed by atoms with Gasteiger partial charge in [0.25, 0.3) is 0 Å². The van der Waals surface area contributed by atoms with Crippen molar-refractivity contribution in [3.05, 3.63) is 40.9 Å². The van der Waals surface area contributed by atoms with Gasteiger partial charge in [0.2, 0.25) is 11.6 Å². The highest BCUT2D eigenvalue weighted by Gasteiger charge is 2.29. The molecule has 0 fully saturated rings. The minimum Gasteiger partial charge on any atom is -0.500 e. The molecule has 0 atom stereocenters. The highest BCUT2D eigenvalue weighted by Crippen LogP contribution is 2.28. The van der Waals surface area contributed by atoms with Crippen molar-refractivity contribution in [2.24, 2.45) is 0 Å². The van der Waals surface area contributed by atoms with Crippen LogP contribution in [-0.2, 0) is 14.3 Å². The smallest absolute Gasteiger partial charge is 0.345 e. The number of hydrogen-bond donors (Lipinski definition) is 0. The lowest BCUT2D eigenvalue weighted by Gasteiger charge is -2.10. The number of rotatable bonds is 7. The molecule has 1 aromatic carbocycles. The van der Waals surface area contributed by atoms with Gasteiger partial charge in [-0.15, -0.1) is 0 Å². The molecule has 23 heavy (non-hydrogen) atoms. The van der Waals surface area contributed by atoms with Gasteiger partial charge >= 0.3 is 5.97 Å². The Kier molecular flexibility index (Phi) is 6.62. The van der Waals surface area contributed by atoms with Gasteiger partial charge in [0, 0.05) is 0 Å². The fourth-order valence-electron chi connectivity index (χ4n) is 1.64. The maximum absolute atomic E-state index is 14.1. The molecule has 0 bridgehead atoms. The molecule has 5 nitrogen and oxygen atoms in total. The number of hydrogen-bond acceptors (Lipinski definition) is 5. The van der Waals surface area contributed by atoms with Crippen molar-refractivity contribution in [2.75, 3.05) is 20.3 Å². The van der Waals surface area contributed by atoms with Crippen LogP contribution in [0.2, 0.25) is 0 Å². The molecule has 0 heterocycles. The maximum atomic E-state index is 14.1. The van der Waals surface area contributed by atoms with Gasteiger partial charge < -0.3 is 14.2 Å². The van der Waals surface area contributed by atoms with Crippen LogP contribution in [0.1, 0.15) is 24.2 Å². The Balaban J connectivity index is 3.39. The minimum atomic E-state index is -1.58. The van der Waals surface area contributed by atoms with Crippen LogP contribution in [0.4, 0.5) is 13.2 Å². The lowest BCUT2D eigenvalue weighted by molar-refractivity contribution is -0.138. The van der Waals surface area contributed by atoms with Gasteiger partial charge in [-0.2, -0.15) is 4.39 Å². The lowest BCUT2D eigenvalue weighted by Crippen LogP contribution is -2.18. The van der Waals surface area contributed by atoms with Crippen LogP contribution < -0.4 is 4.74 Å². The summed E-state index contributed by atoms with van der Waals surface area (Å²) in [7, 11) is 0.914. The van der Waals surface area contributed by atoms with Crippen molar-refractivity contribution < 1.29 is 37.0 Å². The zero-order valence-corrected chi connectivity index (χ0v) is 12.7. The molecule has 1 aromatic rings. The SMILES string of the molecule is CCOC=C(C(=O)OCC)C(=O)c1cc(F)c(F)c(OC)c1F. The summed E-state index contributed by atoms with van der Waals surface area (Å²) in [6.45, 7) is 3.17. The van der Waals surface area contributed by atoms with E-state index < -0.39 is 46.1 Å². The first-order chi connectivity index (χ1) is 10.9. The van der Waals surface area contributed by atoms with Gasteiger partial charge in [-0.3, -0.25) is 4.79 Å². The Morgan fingerprint density at radius 3 is 2.30 bits per heavy atom. The van der Waals surface area contributed by atoms with E-state index in [4.69, 9.17) is 4.74 Å². The van der Waals surface area contributed by atoms with Gasteiger partial charge in [0.15, 0.2) is 17.4 Å². The molecule has 126 valence electrons. The topological polar surface area (TPSA) is 61.8 Å². The van der Waals surface area contributed by atoms with Gasteiger partial charge in [-0.1, -0.05) is 0 Å². The summed E-state index contributed by atoms with van der Waals surface area (Å²) in [6, 6.07) is 0.342. The zero-order valence-electron chi connectivity index (χ0n) is 12.7. The lowest BCUT2D eigenvalue weighted by atomic mass is 10.0. The summed E-state index contributed by atoms with van der Waals surface area (Å²) >= 11 is 0. The predicted molar refractivity (Wildman–Crippen MR) is 73.5 cm³/mol. The van der Waals surface area contributed by atoms with Gasteiger partial charge in [0.1, 0.15) is 11.8 Å². The van der Waals surface area contributed by atoms with Crippen LogP contribution >= 0.6 is 0 Å². The number of methoxy groups -OCH3 is 1. The molecule has 0 saturated heterocycles. The van der Waals surface area contributed by atoms with Gasteiger partial charge in [-0.25, -0.2) is 13.6 Å². The van der Waals surface area contributed by atoms with Crippen LogP contribution in [0.5, 0.6) is 5.75 Å². The second-order valence-corrected chi connectivity index (χ2v) is 4.10. The highest BCUT2D eigenvalue weighted by atomic mass is 19.2. The summed E-state index contributed by atoms with van der Waals surface area (Å²) in [5.41, 5.74) is -1.53. The number of esters is 1. The summed E-state index contributed by atoms with van der Waals surface area (Å²) in [4.78, 5) is 24.1. The molecule has 0 saturated carbocycles. The number of benzene rings is 1. The van der Waals surface area contributed by atoms with Crippen molar-refractivity contribution >= 4 is 11.8 Å². The van der Waals surface area contributed by atoms with E-state index >= 15 is 0 Å². The molecule has 0 N–H and O–H groups in total. The fraction of sp³-hybridized carbons (Fsp3) is 0.333. The van der Waals surface area contributed by atoms with E-state index in [1.165, 1.54) is 6.92 Å². The molecular weight excluding hydrogens is 317 g/mol. The molecule has 0 aromatic heterocycles. The molecular formula is C15H15F3O5. The van der Waals surface area contributed by atoms with Crippen LogP contribution in [-0.4, -0.2) is 32.1 Å². The third kappa shape index (κ3) is 4.02. The van der Waals surface area contributed by atoms with E-state index in [-0.39, 0.29) is 13.2 Å². The molecule has 1 rings (SSSR count). The number of ether oxygens (including phenoxy) is 3. The van der Waals surface area contributed by atoms with E-state index in [2.05, 4.69) is 9.47 Å². The van der Waals surface area contributed by atoms with Crippen LogP contribution in [0.15, 0.2) is 17.9 Å². The first-order valence-electron chi connectivity index (χ1n) is 6.63. The largest absolute Gasteiger partial charge is 0.500 e. The number of carbonyl (C=O) groups excluding carboxylic acids is 2. The zero-order chi connectivity index (χ0) is 17.6. The van der Waals surface area contributed by atoms with Gasteiger partial charge in [-0.05, 0) is 19.9 Å². The van der Waals surface area contributed by atoms with E-state index in [9.17, 15) is 22.8 Å². The highest BCUT2D eigenvalue weighted by molar-refractivity contribution is 6.24. The molecule has 0 unspecified atom stereocenters. The molecule has 0 spiro atoms. The fourth-order valence-corrected chi connectivity index (χ4v) is 1.64. The molecule has 0 radical (unpaired) electrons. The van der Waals surface area contributed by atoms with Crippen LogP contribution in [0, 0.1) is 17.5 Å².